The number of thioether (sulfide) groups is 1. The number of nitrogens with one attached hydrogen (secondary N) is 11. The van der Waals surface area contributed by atoms with E-state index in [4.69, 9.17) is 28.7 Å². The topological polar surface area (TPSA) is 635 Å². The maximum Gasteiger partial charge on any atom is 0.323 e. The second-order valence-electron chi connectivity index (χ2n) is 35.3. The maximum atomic E-state index is 15.9. The van der Waals surface area contributed by atoms with E-state index in [0.717, 1.165) is 26.5 Å². The normalized spacial score (nSPS) is 25.4. The molecule has 5 aromatic rings. The predicted molar refractivity (Wildman–Crippen MR) is 495 cm³/mol. The highest BCUT2D eigenvalue weighted by Crippen LogP contribution is 2.30. The summed E-state index contributed by atoms with van der Waals surface area (Å²) in [6, 6.07) is -1.38. The summed E-state index contributed by atoms with van der Waals surface area (Å²) in [5.74, 6) is -18.2. The first-order chi connectivity index (χ1) is 63.9. The molecule has 4 fully saturated rings. The molecule has 730 valence electrons. The number of aromatic nitrogens is 2. The number of hydrogen-bond acceptors (Lipinski definition) is 23. The van der Waals surface area contributed by atoms with E-state index in [1.54, 1.807) is 75.5 Å². The number of carboxylic acid groups (broad SMARTS) is 1. The largest absolute Gasteiger partial charge is 0.508 e. The number of aromatic hydroxyl groups is 1. The summed E-state index contributed by atoms with van der Waals surface area (Å²) < 4.78 is 1.45. The Morgan fingerprint density at radius 2 is 1.06 bits per heavy atom. The molecule has 134 heavy (non-hydrogen) atoms. The zero-order chi connectivity index (χ0) is 97.9. The molecule has 4 aliphatic heterocycles. The smallest absolute Gasteiger partial charge is 0.323 e. The number of rotatable bonds is 25. The van der Waals surface area contributed by atoms with Gasteiger partial charge in [-0.05, 0) is 124 Å². The van der Waals surface area contributed by atoms with Crippen molar-refractivity contribution in [3.63, 3.8) is 0 Å². The molecule has 23 N–H and O–H groups in total. The average Bonchev–Trinajstić information content (AvgIpc) is 1.71. The second-order valence-corrected chi connectivity index (χ2v) is 36.3. The van der Waals surface area contributed by atoms with Crippen molar-refractivity contribution in [3.8, 4) is 5.75 Å². The number of nitrogens with zero attached hydrogens (tertiary/aromatic N) is 6. The zero-order valence-electron chi connectivity index (χ0n) is 76.8. The number of carbonyl (C=O) groups is 18. The Labute approximate surface area is 780 Å². The van der Waals surface area contributed by atoms with Crippen LogP contribution in [-0.2, 0) is 112 Å². The number of nitrogens with two attached hydrogens (primary N) is 5. The number of hydrogen-bond donors (Lipinski definition) is 18. The van der Waals surface area contributed by atoms with Crippen LogP contribution in [-0.4, -0.2) is 307 Å². The summed E-state index contributed by atoms with van der Waals surface area (Å²) in [6.45, 7) is 6.24. The van der Waals surface area contributed by atoms with Gasteiger partial charge in [-0.15, -0.1) is 11.8 Å². The Kier molecular flexibility index (Phi) is 39.0. The van der Waals surface area contributed by atoms with Crippen molar-refractivity contribution in [2.45, 2.75) is 241 Å². The number of phenolic OH excluding ortho intramolecular Hbond substituents is 1. The number of aliphatic carboxylic acids is 1. The molecule has 4 saturated heterocycles. The average molecular weight is 1880 g/mol. The molecule has 2 aromatic heterocycles. The minimum atomic E-state index is -1.73. The molecule has 15 atom stereocenters. The third-order valence-electron chi connectivity index (χ3n) is 24.6. The van der Waals surface area contributed by atoms with Crippen LogP contribution in [0.25, 0.3) is 21.8 Å². The summed E-state index contributed by atoms with van der Waals surface area (Å²) in [5, 5.41) is 48.2. The van der Waals surface area contributed by atoms with Crippen LogP contribution in [0.4, 0.5) is 0 Å². The lowest BCUT2D eigenvalue weighted by molar-refractivity contribution is -0.149. The Balaban J connectivity index is 1.10. The number of likely N-dealkylation sites (N-methyl/N-ethyl adjacent to an activating group) is 2. The van der Waals surface area contributed by atoms with E-state index >= 15 is 38.4 Å². The molecule has 0 bridgehead atoms. The van der Waals surface area contributed by atoms with E-state index in [2.05, 4.69) is 58.2 Å². The Morgan fingerprint density at radius 1 is 0.530 bits per heavy atom. The molecular formula is C91H130N22O20S. The number of amides is 17. The van der Waals surface area contributed by atoms with Gasteiger partial charge in [0.1, 0.15) is 96.9 Å². The fourth-order valence-electron chi connectivity index (χ4n) is 17.6. The Morgan fingerprint density at radius 3 is 1.69 bits per heavy atom. The minimum absolute atomic E-state index is 0.0101. The number of fused-ring (bicyclic) bond motifs is 5. The number of carboxylic acids is 1. The van der Waals surface area contributed by atoms with Crippen molar-refractivity contribution < 1.29 is 96.5 Å². The van der Waals surface area contributed by atoms with E-state index in [-0.39, 0.29) is 114 Å². The summed E-state index contributed by atoms with van der Waals surface area (Å²) >= 11 is 0.775. The van der Waals surface area contributed by atoms with Gasteiger partial charge in [0, 0.05) is 106 Å². The predicted octanol–water partition coefficient (Wildman–Crippen LogP) is -2.52. The van der Waals surface area contributed by atoms with Crippen molar-refractivity contribution in [1.82, 2.24) is 87.2 Å². The molecule has 0 aliphatic carbocycles. The highest BCUT2D eigenvalue weighted by molar-refractivity contribution is 8.00. The SMILES string of the molecule is CCCC[C@H]1C(=O)N(C)[C@@H](CCCC)C(=O)N[C@@H](CN)C(=O)N[C@H](C(=O)NCC(N)=O)CSCC(=O)N[C@@H](Cc2ccc(O)cc2)C(=O)N2CCCC[C@H]2C(=O)N[C@@H](CC(N)=O)C(=O)N2CCC[C@H]2C(=O)N[C@@H](CN)C(=O)N[C@@H](CC(C)C)C(=O)N2C[C@H](C)C[C@H]2C(=O)N[C@@H](Cc2c[nH]c3ccccc23)C(=O)N[C@@H](CCN)C(=O)N[C@@H](Cc2cn(CC(=O)O)c3ccccc23)C(=O)N1C. The van der Waals surface area contributed by atoms with Crippen molar-refractivity contribution in [2.75, 3.05) is 71.4 Å². The van der Waals surface area contributed by atoms with Crippen LogP contribution in [0, 0.1) is 11.8 Å². The first kappa shape index (κ1) is 105. The molecule has 6 heterocycles. The molecule has 0 radical (unpaired) electrons. The molecule has 0 spiro atoms. The number of phenols is 1. The standard InChI is InChI=1S/C91H130N22O20S/c1-8-10-22-69-83(125)105-66(42-94)82(124)107-67(78(120)98-44-75(96)116)48-134-49-76(117)99-62(37-52-27-29-55(114)30-28-52)88(130)111-33-17-16-25-70(111)84(126)104-64(40-74(95)115)89(131)112-34-18-26-71(112)85(127)106-65(41-93)81(123)102-61(35-50(3)4)90(132)113-45-51(5)36-73(113)86(128)101-60(38-53-43-97-58-21-14-12-19-56(53)58)80(122)100-59(31-32-92)79(121)103-63(87(129)109(7)72(23-11-9-2)91(133)108(69)6)39-54-46-110(47-77(118)119)68-24-15-13-20-57(54)68/h12-15,19-21,24,27-30,43,46,50-51,59-67,69-73,97,114H,8-11,16-18,22-23,25-26,31-42,44-45,47-49,92-94H2,1-7H3,(H2,95,115)(H2,96,116)(H,98,120)(H,99,117)(H,100,122)(H,101,128)(H,102,123)(H,103,121)(H,104,126)(H,105,125)(H,106,127)(H,107,124)(H,118,119)/t51-,59+,60+,61+,62+,63+,64+,65+,66+,67+,69+,70+,71+,72+,73+/m1/s1. The Bertz CT molecular complexity index is 5070. The molecule has 9 rings (SSSR count). The van der Waals surface area contributed by atoms with E-state index in [1.165, 1.54) is 58.9 Å². The van der Waals surface area contributed by atoms with Gasteiger partial charge in [-0.25, -0.2) is 0 Å². The number of benzene rings is 3. The number of unbranched alkanes of at least 4 members (excludes halogenated alkanes) is 2. The number of primary amides is 2. The van der Waals surface area contributed by atoms with Crippen LogP contribution in [0.3, 0.4) is 0 Å². The maximum absolute atomic E-state index is 15.9. The van der Waals surface area contributed by atoms with Gasteiger partial charge >= 0.3 is 5.97 Å². The van der Waals surface area contributed by atoms with Crippen LogP contribution in [0.5, 0.6) is 5.75 Å². The van der Waals surface area contributed by atoms with Crippen LogP contribution >= 0.6 is 11.8 Å². The first-order valence-corrected chi connectivity index (χ1v) is 46.9. The zero-order valence-corrected chi connectivity index (χ0v) is 77.7. The third-order valence-corrected chi connectivity index (χ3v) is 25.7. The van der Waals surface area contributed by atoms with E-state index in [1.807, 2.05) is 13.8 Å². The van der Waals surface area contributed by atoms with Crippen LogP contribution in [0.15, 0.2) is 85.2 Å². The molecule has 4 aliphatic rings. The number of para-hydroxylation sites is 2. The molecule has 0 unspecified atom stereocenters. The van der Waals surface area contributed by atoms with Gasteiger partial charge in [-0.3, -0.25) is 86.3 Å². The van der Waals surface area contributed by atoms with Crippen molar-refractivity contribution in [2.24, 2.45) is 40.5 Å². The van der Waals surface area contributed by atoms with Gasteiger partial charge in [0.25, 0.3) is 0 Å². The Hall–Kier alpha value is -12.8. The monoisotopic (exact) mass is 1880 g/mol. The number of aromatic amines is 1. The molecule has 42 nitrogen and oxygen atoms in total. The highest BCUT2D eigenvalue weighted by Gasteiger charge is 2.47. The van der Waals surface area contributed by atoms with Crippen LogP contribution in [0.2, 0.25) is 0 Å². The molecule has 3 aromatic carbocycles. The lowest BCUT2D eigenvalue weighted by Crippen LogP contribution is -2.62. The molecular weight excluding hydrogens is 1750 g/mol. The van der Waals surface area contributed by atoms with Crippen molar-refractivity contribution in [1.29, 1.82) is 0 Å². The van der Waals surface area contributed by atoms with Gasteiger partial charge < -0.3 is 126 Å². The van der Waals surface area contributed by atoms with Gasteiger partial charge in [0.05, 0.1) is 18.7 Å². The van der Waals surface area contributed by atoms with Gasteiger partial charge in [-0.1, -0.05) is 109 Å². The molecule has 0 saturated carbocycles. The number of H-pyrrole nitrogens is 1. The third kappa shape index (κ3) is 28.2. The summed E-state index contributed by atoms with van der Waals surface area (Å²) in [5.41, 5.74) is 32.4. The summed E-state index contributed by atoms with van der Waals surface area (Å²) in [6.07, 6.45) is 3.88. The second kappa shape index (κ2) is 49.8. The first-order valence-electron chi connectivity index (χ1n) is 45.7. The lowest BCUT2D eigenvalue weighted by Gasteiger charge is -2.38. The quantitative estimate of drug-likeness (QED) is 0.0287. The summed E-state index contributed by atoms with van der Waals surface area (Å²) in [4.78, 5) is 272. The highest BCUT2D eigenvalue weighted by atomic mass is 32.2. The molecule has 43 heteroatoms. The number of carbonyl (C=O) groups excluding carboxylic acids is 17. The molecule has 17 amide bonds. The lowest BCUT2D eigenvalue weighted by atomic mass is 9.97. The van der Waals surface area contributed by atoms with Gasteiger partial charge in [-0.2, -0.15) is 0 Å². The van der Waals surface area contributed by atoms with Crippen LogP contribution in [0.1, 0.15) is 148 Å². The fourth-order valence-corrected chi connectivity index (χ4v) is 18.5. The van der Waals surface area contributed by atoms with E-state index in [0.29, 0.717) is 77.0 Å². The van der Waals surface area contributed by atoms with Crippen molar-refractivity contribution >= 4 is 140 Å². The van der Waals surface area contributed by atoms with E-state index < -0.39 is 235 Å². The van der Waals surface area contributed by atoms with Crippen LogP contribution < -0.4 is 81.8 Å². The van der Waals surface area contributed by atoms with Gasteiger partial charge in [0.15, 0.2) is 0 Å². The summed E-state index contributed by atoms with van der Waals surface area (Å²) in [7, 11) is 2.67. The minimum Gasteiger partial charge on any atom is -0.508 e. The van der Waals surface area contributed by atoms with Gasteiger partial charge in [0.2, 0.25) is 100 Å². The number of piperidine rings is 1. The van der Waals surface area contributed by atoms with Crippen molar-refractivity contribution in [3.05, 3.63) is 102 Å². The fraction of sp³-hybridized carbons (Fsp3) is 0.560. The van der Waals surface area contributed by atoms with E-state index in [9.17, 15) is 58.2 Å².